The van der Waals surface area contributed by atoms with Gasteiger partial charge in [-0.2, -0.15) is 0 Å². The van der Waals surface area contributed by atoms with Crippen LogP contribution in [0.5, 0.6) is 0 Å². The molecule has 8 heteroatoms. The lowest BCUT2D eigenvalue weighted by atomic mass is 10.1. The summed E-state index contributed by atoms with van der Waals surface area (Å²) >= 11 is 0. The molecule has 0 unspecified atom stereocenters. The summed E-state index contributed by atoms with van der Waals surface area (Å²) in [7, 11) is -3.71. The molecule has 3 N–H and O–H groups in total. The number of nitrogens with zero attached hydrogens (tertiary/aromatic N) is 1. The van der Waals surface area contributed by atoms with E-state index in [-0.39, 0.29) is 29.0 Å². The molecule has 0 radical (unpaired) electrons. The number of sulfonamides is 1. The Labute approximate surface area is 164 Å². The van der Waals surface area contributed by atoms with Crippen LogP contribution in [0.3, 0.4) is 0 Å². The third-order valence-corrected chi connectivity index (χ3v) is 5.74. The fourth-order valence-electron chi connectivity index (χ4n) is 3.18. The summed E-state index contributed by atoms with van der Waals surface area (Å²) in [5.74, 6) is -0.578. The third kappa shape index (κ3) is 4.76. The molecule has 1 aliphatic heterocycles. The van der Waals surface area contributed by atoms with E-state index in [0.29, 0.717) is 19.5 Å². The maximum atomic E-state index is 12.4. The number of hydrogen-bond acceptors (Lipinski definition) is 4. The summed E-state index contributed by atoms with van der Waals surface area (Å²) in [6.45, 7) is 2.76. The molecule has 2 amide bonds. The highest BCUT2D eigenvalue weighted by Crippen LogP contribution is 2.25. The molecule has 148 valence electrons. The summed E-state index contributed by atoms with van der Waals surface area (Å²) in [4.78, 5) is 26.4. The van der Waals surface area contributed by atoms with Gasteiger partial charge >= 0.3 is 0 Å². The summed E-state index contributed by atoms with van der Waals surface area (Å²) in [5, 5.41) is 7.93. The average molecular weight is 401 g/mol. The molecule has 1 atom stereocenters. The molecule has 2 aromatic rings. The molecule has 0 aliphatic carbocycles. The Morgan fingerprint density at radius 1 is 1.14 bits per heavy atom. The molecule has 28 heavy (non-hydrogen) atoms. The molecule has 2 aromatic carbocycles. The van der Waals surface area contributed by atoms with Crippen LogP contribution in [0.15, 0.2) is 53.4 Å². The van der Waals surface area contributed by atoms with Crippen molar-refractivity contribution in [2.45, 2.75) is 24.7 Å². The predicted octanol–water partition coefficient (Wildman–Crippen LogP) is 1.35. The standard InChI is InChI=1S/C20H23N3O4S/c1-14-2-6-17(7-3-14)23-13-16(12-19(23)24)20(25)22-11-10-15-4-8-18(9-5-15)28(21,26)27/h2-9,16H,10-13H2,1H3,(H,22,25)(H2,21,26,27)/t16-/m1/s1. The van der Waals surface area contributed by atoms with Crippen molar-refractivity contribution in [2.24, 2.45) is 11.1 Å². The van der Waals surface area contributed by atoms with Crippen LogP contribution in [-0.2, 0) is 26.0 Å². The van der Waals surface area contributed by atoms with Crippen LogP contribution >= 0.6 is 0 Å². The van der Waals surface area contributed by atoms with Gasteiger partial charge in [-0.1, -0.05) is 29.8 Å². The van der Waals surface area contributed by atoms with Crippen molar-refractivity contribution in [1.82, 2.24) is 5.32 Å². The van der Waals surface area contributed by atoms with E-state index >= 15 is 0 Å². The van der Waals surface area contributed by atoms with Crippen molar-refractivity contribution in [3.8, 4) is 0 Å². The molecule has 7 nitrogen and oxygen atoms in total. The maximum absolute atomic E-state index is 12.4. The normalized spacial score (nSPS) is 17.0. The summed E-state index contributed by atoms with van der Waals surface area (Å²) < 4.78 is 22.5. The largest absolute Gasteiger partial charge is 0.355 e. The zero-order valence-electron chi connectivity index (χ0n) is 15.6. The van der Waals surface area contributed by atoms with E-state index in [1.807, 2.05) is 31.2 Å². The third-order valence-electron chi connectivity index (χ3n) is 4.81. The first kappa shape index (κ1) is 20.0. The Kier molecular flexibility index (Phi) is 5.81. The number of amides is 2. The van der Waals surface area contributed by atoms with Gasteiger partial charge in [-0.3, -0.25) is 9.59 Å². The highest BCUT2D eigenvalue weighted by atomic mass is 32.2. The first-order chi connectivity index (χ1) is 13.2. The number of anilines is 1. The van der Waals surface area contributed by atoms with Crippen LogP contribution in [0.1, 0.15) is 17.5 Å². The number of carbonyl (C=O) groups is 2. The number of primary sulfonamides is 1. The van der Waals surface area contributed by atoms with Crippen molar-refractivity contribution in [3.05, 3.63) is 59.7 Å². The molecule has 0 bridgehead atoms. The van der Waals surface area contributed by atoms with Crippen LogP contribution in [0.2, 0.25) is 0 Å². The number of benzene rings is 2. The quantitative estimate of drug-likeness (QED) is 0.761. The fraction of sp³-hybridized carbons (Fsp3) is 0.300. The van der Waals surface area contributed by atoms with Gasteiger partial charge in [0.15, 0.2) is 0 Å². The molecule has 1 heterocycles. The lowest BCUT2D eigenvalue weighted by Gasteiger charge is -2.17. The van der Waals surface area contributed by atoms with Gasteiger partial charge in [0, 0.05) is 25.2 Å². The van der Waals surface area contributed by atoms with Crippen molar-refractivity contribution in [3.63, 3.8) is 0 Å². The molecule has 1 aliphatic rings. The molecule has 3 rings (SSSR count). The second kappa shape index (κ2) is 8.12. The van der Waals surface area contributed by atoms with Crippen molar-refractivity contribution in [2.75, 3.05) is 18.0 Å². The Balaban J connectivity index is 1.51. The SMILES string of the molecule is Cc1ccc(N2C[C@H](C(=O)NCCc3ccc(S(N)(=O)=O)cc3)CC2=O)cc1. The van der Waals surface area contributed by atoms with E-state index in [9.17, 15) is 18.0 Å². The van der Waals surface area contributed by atoms with Crippen LogP contribution in [0.25, 0.3) is 0 Å². The lowest BCUT2D eigenvalue weighted by molar-refractivity contribution is -0.126. The van der Waals surface area contributed by atoms with E-state index in [2.05, 4.69) is 5.32 Å². The van der Waals surface area contributed by atoms with Crippen LogP contribution in [-0.4, -0.2) is 33.3 Å². The summed E-state index contributed by atoms with van der Waals surface area (Å²) in [5.41, 5.74) is 2.80. The molecular formula is C20H23N3O4S. The van der Waals surface area contributed by atoms with Crippen molar-refractivity contribution < 1.29 is 18.0 Å². The number of hydrogen-bond donors (Lipinski definition) is 2. The monoisotopic (exact) mass is 401 g/mol. The van der Waals surface area contributed by atoms with Crippen molar-refractivity contribution >= 4 is 27.5 Å². The zero-order valence-corrected chi connectivity index (χ0v) is 16.4. The van der Waals surface area contributed by atoms with Gasteiger partial charge in [-0.15, -0.1) is 0 Å². The van der Waals surface area contributed by atoms with Crippen LogP contribution < -0.4 is 15.4 Å². The zero-order chi connectivity index (χ0) is 20.3. The van der Waals surface area contributed by atoms with E-state index in [4.69, 9.17) is 5.14 Å². The Morgan fingerprint density at radius 3 is 2.39 bits per heavy atom. The molecule has 0 saturated carbocycles. The Morgan fingerprint density at radius 2 is 1.79 bits per heavy atom. The van der Waals surface area contributed by atoms with E-state index in [1.165, 1.54) is 12.1 Å². The minimum absolute atomic E-state index is 0.0532. The topological polar surface area (TPSA) is 110 Å². The number of rotatable bonds is 6. The van der Waals surface area contributed by atoms with Gasteiger partial charge in [-0.25, -0.2) is 13.6 Å². The lowest BCUT2D eigenvalue weighted by Crippen LogP contribution is -2.34. The highest BCUT2D eigenvalue weighted by molar-refractivity contribution is 7.89. The van der Waals surface area contributed by atoms with E-state index in [0.717, 1.165) is 16.8 Å². The summed E-state index contributed by atoms with van der Waals surface area (Å²) in [6, 6.07) is 13.9. The van der Waals surface area contributed by atoms with Crippen molar-refractivity contribution in [1.29, 1.82) is 0 Å². The average Bonchev–Trinajstić information content (AvgIpc) is 3.04. The second-order valence-corrected chi connectivity index (χ2v) is 8.53. The van der Waals surface area contributed by atoms with E-state index < -0.39 is 10.0 Å². The molecule has 1 saturated heterocycles. The predicted molar refractivity (Wildman–Crippen MR) is 106 cm³/mol. The number of carbonyl (C=O) groups excluding carboxylic acids is 2. The first-order valence-corrected chi connectivity index (χ1v) is 10.5. The number of nitrogens with two attached hydrogens (primary N) is 1. The fourth-order valence-corrected chi connectivity index (χ4v) is 3.69. The molecule has 0 aromatic heterocycles. The van der Waals surface area contributed by atoms with Crippen LogP contribution in [0, 0.1) is 12.8 Å². The maximum Gasteiger partial charge on any atom is 0.238 e. The second-order valence-electron chi connectivity index (χ2n) is 6.97. The van der Waals surface area contributed by atoms with Gasteiger partial charge in [0.2, 0.25) is 21.8 Å². The highest BCUT2D eigenvalue weighted by Gasteiger charge is 2.34. The van der Waals surface area contributed by atoms with Crippen LogP contribution in [0.4, 0.5) is 5.69 Å². The van der Waals surface area contributed by atoms with Gasteiger partial charge in [-0.05, 0) is 43.2 Å². The number of aryl methyl sites for hydroxylation is 1. The molecule has 0 spiro atoms. The first-order valence-electron chi connectivity index (χ1n) is 9.00. The van der Waals surface area contributed by atoms with Gasteiger partial charge in [0.25, 0.3) is 0 Å². The molecule has 1 fully saturated rings. The van der Waals surface area contributed by atoms with Gasteiger partial charge in [0.05, 0.1) is 10.8 Å². The van der Waals surface area contributed by atoms with Gasteiger partial charge in [0.1, 0.15) is 0 Å². The number of nitrogens with one attached hydrogen (secondary N) is 1. The van der Waals surface area contributed by atoms with Gasteiger partial charge < -0.3 is 10.2 Å². The van der Waals surface area contributed by atoms with E-state index in [1.54, 1.807) is 17.0 Å². The minimum atomic E-state index is -3.71. The Hall–Kier alpha value is -2.71. The minimum Gasteiger partial charge on any atom is -0.355 e. The summed E-state index contributed by atoms with van der Waals surface area (Å²) in [6.07, 6.45) is 0.752. The molecular weight excluding hydrogens is 378 g/mol. The Bertz CT molecular complexity index is 970. The smallest absolute Gasteiger partial charge is 0.238 e.